The minimum Gasteiger partial charge on any atom is -0.440 e. The summed E-state index contributed by atoms with van der Waals surface area (Å²) in [5.41, 5.74) is 0. The number of carbonyl (C=O) groups is 2. The Balaban J connectivity index is 1.86. The van der Waals surface area contributed by atoms with Gasteiger partial charge in [-0.3, -0.25) is 9.69 Å². The van der Waals surface area contributed by atoms with Gasteiger partial charge in [0.25, 0.3) is 0 Å². The Morgan fingerprint density at radius 3 is 2.43 bits per heavy atom. The van der Waals surface area contributed by atoms with Gasteiger partial charge < -0.3 is 10.1 Å². The first-order chi connectivity index (χ1) is 9.87. The van der Waals surface area contributed by atoms with Crippen LogP contribution in [0.2, 0.25) is 0 Å². The molecular formula is C13H19F3N2O3. The van der Waals surface area contributed by atoms with Crippen LogP contribution in [0.4, 0.5) is 18.0 Å². The Kier molecular flexibility index (Phi) is 4.95. The van der Waals surface area contributed by atoms with Crippen LogP contribution in [0.1, 0.15) is 38.5 Å². The second kappa shape index (κ2) is 6.53. The van der Waals surface area contributed by atoms with Crippen LogP contribution >= 0.6 is 0 Å². The third-order valence-electron chi connectivity index (χ3n) is 3.85. The van der Waals surface area contributed by atoms with Crippen molar-refractivity contribution in [3.63, 3.8) is 0 Å². The maximum atomic E-state index is 12.1. The lowest BCUT2D eigenvalue weighted by atomic mass is 10.2. The maximum Gasteiger partial charge on any atom is 0.422 e. The Morgan fingerprint density at radius 1 is 1.14 bits per heavy atom. The summed E-state index contributed by atoms with van der Waals surface area (Å²) in [7, 11) is 0. The number of hydrogen-bond donors (Lipinski definition) is 1. The fraction of sp³-hybridized carbons (Fsp3) is 0.846. The largest absolute Gasteiger partial charge is 0.440 e. The number of hydrogen-bond acceptors (Lipinski definition) is 3. The molecule has 1 saturated carbocycles. The molecule has 1 saturated heterocycles. The summed E-state index contributed by atoms with van der Waals surface area (Å²) in [5.74, 6) is -0.289. The van der Waals surface area contributed by atoms with Crippen molar-refractivity contribution in [1.29, 1.82) is 0 Å². The molecular weight excluding hydrogens is 289 g/mol. The summed E-state index contributed by atoms with van der Waals surface area (Å²) in [4.78, 5) is 24.9. The van der Waals surface area contributed by atoms with Crippen LogP contribution in [0.3, 0.4) is 0 Å². The number of rotatable bonds is 3. The van der Waals surface area contributed by atoms with Gasteiger partial charge in [0.15, 0.2) is 6.61 Å². The molecule has 0 aromatic heterocycles. The second-order valence-corrected chi connectivity index (χ2v) is 5.51. The fourth-order valence-corrected chi connectivity index (χ4v) is 2.85. The molecule has 0 aromatic carbocycles. The molecule has 8 heteroatoms. The Hall–Kier alpha value is -1.47. The van der Waals surface area contributed by atoms with Gasteiger partial charge in [-0.05, 0) is 25.7 Å². The topological polar surface area (TPSA) is 58.6 Å². The van der Waals surface area contributed by atoms with E-state index in [-0.39, 0.29) is 18.5 Å². The molecule has 2 rings (SSSR count). The summed E-state index contributed by atoms with van der Waals surface area (Å²) in [6.45, 7) is -1.38. The number of carbonyl (C=O) groups excluding carboxylic acids is 2. The van der Waals surface area contributed by atoms with E-state index in [4.69, 9.17) is 0 Å². The molecule has 0 spiro atoms. The van der Waals surface area contributed by atoms with Crippen molar-refractivity contribution in [2.45, 2.75) is 56.8 Å². The van der Waals surface area contributed by atoms with Crippen LogP contribution in [0.5, 0.6) is 0 Å². The first-order valence-electron chi connectivity index (χ1n) is 7.17. The molecule has 1 aliphatic heterocycles. The van der Waals surface area contributed by atoms with Gasteiger partial charge in [-0.2, -0.15) is 13.2 Å². The Bertz CT molecular complexity index is 395. The quantitative estimate of drug-likeness (QED) is 0.869. The van der Waals surface area contributed by atoms with Crippen LogP contribution < -0.4 is 5.32 Å². The number of alkyl halides is 3. The van der Waals surface area contributed by atoms with Crippen LogP contribution in [0.15, 0.2) is 0 Å². The summed E-state index contributed by atoms with van der Waals surface area (Å²) in [6, 6.07) is -0.600. The molecule has 1 heterocycles. The van der Waals surface area contributed by atoms with E-state index in [0.29, 0.717) is 12.8 Å². The highest BCUT2D eigenvalue weighted by Gasteiger charge is 2.38. The van der Waals surface area contributed by atoms with E-state index < -0.39 is 24.9 Å². The van der Waals surface area contributed by atoms with Crippen LogP contribution in [-0.4, -0.2) is 48.3 Å². The van der Waals surface area contributed by atoms with Gasteiger partial charge in [0.05, 0.1) is 0 Å². The SMILES string of the molecule is O=C(NC1CCCC1)[C@@H]1CCCN1C(=O)OCC(F)(F)F. The summed E-state index contributed by atoms with van der Waals surface area (Å²) < 4.78 is 40.4. The standard InChI is InChI=1S/C13H19F3N2O3/c14-13(15,16)8-21-12(20)18-7-3-6-10(18)11(19)17-9-4-1-2-5-9/h9-10H,1-8H2,(H,17,19)/t10-/m0/s1. The van der Waals surface area contributed by atoms with Gasteiger partial charge in [0.1, 0.15) is 6.04 Å². The first kappa shape index (κ1) is 15.9. The summed E-state index contributed by atoms with van der Waals surface area (Å²) in [6.07, 6.45) is -0.634. The number of likely N-dealkylation sites (tertiary alicyclic amines) is 1. The van der Waals surface area contributed by atoms with Crippen molar-refractivity contribution in [2.24, 2.45) is 0 Å². The molecule has 2 amide bonds. The van der Waals surface area contributed by atoms with Crippen molar-refractivity contribution >= 4 is 12.0 Å². The van der Waals surface area contributed by atoms with Crippen molar-refractivity contribution < 1.29 is 27.5 Å². The van der Waals surface area contributed by atoms with E-state index >= 15 is 0 Å². The molecule has 1 aliphatic carbocycles. The average Bonchev–Trinajstić information content (AvgIpc) is 3.05. The highest BCUT2D eigenvalue weighted by molar-refractivity contribution is 5.86. The molecule has 2 fully saturated rings. The van der Waals surface area contributed by atoms with Gasteiger partial charge in [-0.15, -0.1) is 0 Å². The Labute approximate surface area is 120 Å². The molecule has 0 bridgehead atoms. The van der Waals surface area contributed by atoms with E-state index in [1.807, 2.05) is 0 Å². The van der Waals surface area contributed by atoms with Crippen molar-refractivity contribution in [3.8, 4) is 0 Å². The van der Waals surface area contributed by atoms with Crippen molar-refractivity contribution in [2.75, 3.05) is 13.2 Å². The van der Waals surface area contributed by atoms with Gasteiger partial charge in [-0.1, -0.05) is 12.8 Å². The predicted molar refractivity (Wildman–Crippen MR) is 67.5 cm³/mol. The van der Waals surface area contributed by atoms with Crippen molar-refractivity contribution in [3.05, 3.63) is 0 Å². The highest BCUT2D eigenvalue weighted by atomic mass is 19.4. The second-order valence-electron chi connectivity index (χ2n) is 5.51. The third-order valence-corrected chi connectivity index (χ3v) is 3.85. The molecule has 5 nitrogen and oxygen atoms in total. The van der Waals surface area contributed by atoms with Crippen LogP contribution in [0, 0.1) is 0 Å². The van der Waals surface area contributed by atoms with Crippen LogP contribution in [0.25, 0.3) is 0 Å². The van der Waals surface area contributed by atoms with E-state index in [0.717, 1.165) is 30.6 Å². The molecule has 2 aliphatic rings. The fourth-order valence-electron chi connectivity index (χ4n) is 2.85. The van der Waals surface area contributed by atoms with E-state index in [2.05, 4.69) is 10.1 Å². The van der Waals surface area contributed by atoms with E-state index in [1.165, 1.54) is 0 Å². The molecule has 0 aromatic rings. The minimum atomic E-state index is -4.56. The summed E-state index contributed by atoms with van der Waals surface area (Å²) in [5, 5.41) is 2.87. The molecule has 1 atom stereocenters. The summed E-state index contributed by atoms with van der Waals surface area (Å²) >= 11 is 0. The molecule has 21 heavy (non-hydrogen) atoms. The predicted octanol–water partition coefficient (Wildman–Crippen LogP) is 2.21. The van der Waals surface area contributed by atoms with Gasteiger partial charge in [-0.25, -0.2) is 4.79 Å². The number of ether oxygens (including phenoxy) is 1. The third kappa shape index (κ3) is 4.50. The highest BCUT2D eigenvalue weighted by Crippen LogP contribution is 2.22. The maximum absolute atomic E-state index is 12.1. The zero-order valence-electron chi connectivity index (χ0n) is 11.6. The minimum absolute atomic E-state index is 0.117. The molecule has 0 radical (unpaired) electrons. The van der Waals surface area contributed by atoms with Crippen LogP contribution in [-0.2, 0) is 9.53 Å². The average molecular weight is 308 g/mol. The zero-order chi connectivity index (χ0) is 15.5. The van der Waals surface area contributed by atoms with Gasteiger partial charge >= 0.3 is 12.3 Å². The normalized spacial score (nSPS) is 23.4. The molecule has 0 unspecified atom stereocenters. The molecule has 120 valence electrons. The van der Waals surface area contributed by atoms with E-state index in [9.17, 15) is 22.8 Å². The lowest BCUT2D eigenvalue weighted by Crippen LogP contribution is -2.48. The smallest absolute Gasteiger partial charge is 0.422 e. The zero-order valence-corrected chi connectivity index (χ0v) is 11.6. The number of amides is 2. The number of nitrogens with zero attached hydrogens (tertiary/aromatic N) is 1. The number of halogens is 3. The monoisotopic (exact) mass is 308 g/mol. The molecule has 1 N–H and O–H groups in total. The first-order valence-corrected chi connectivity index (χ1v) is 7.17. The van der Waals surface area contributed by atoms with Crippen molar-refractivity contribution in [1.82, 2.24) is 10.2 Å². The lowest BCUT2D eigenvalue weighted by Gasteiger charge is -2.25. The van der Waals surface area contributed by atoms with E-state index in [1.54, 1.807) is 0 Å². The Morgan fingerprint density at radius 2 is 1.81 bits per heavy atom. The van der Waals surface area contributed by atoms with Gasteiger partial charge in [0.2, 0.25) is 5.91 Å². The number of nitrogens with one attached hydrogen (secondary N) is 1. The lowest BCUT2D eigenvalue weighted by molar-refractivity contribution is -0.162. The van der Waals surface area contributed by atoms with Gasteiger partial charge in [0, 0.05) is 12.6 Å².